The molecule has 1 aromatic heterocycles. The van der Waals surface area contributed by atoms with Gasteiger partial charge >= 0.3 is 0 Å². The van der Waals surface area contributed by atoms with Crippen LogP contribution in [0.5, 0.6) is 0 Å². The van der Waals surface area contributed by atoms with Crippen LogP contribution in [0.2, 0.25) is 0 Å². The molecule has 0 aliphatic heterocycles. The van der Waals surface area contributed by atoms with Gasteiger partial charge in [-0.1, -0.05) is 197 Å². The van der Waals surface area contributed by atoms with Crippen LogP contribution in [0.4, 0.5) is 0 Å². The summed E-state index contributed by atoms with van der Waals surface area (Å²) < 4.78 is 2.45. The lowest BCUT2D eigenvalue weighted by Gasteiger charge is -2.20. The molecule has 0 bridgehead atoms. The van der Waals surface area contributed by atoms with Crippen molar-refractivity contribution in [1.82, 2.24) is 4.57 Å². The molecule has 0 spiro atoms. The highest BCUT2D eigenvalue weighted by molar-refractivity contribution is 6.22. The van der Waals surface area contributed by atoms with Gasteiger partial charge in [-0.25, -0.2) is 0 Å². The highest BCUT2D eigenvalue weighted by Crippen LogP contribution is 2.47. The average molecular weight is 808 g/mol. The largest absolute Gasteiger partial charge is 0.341 e. The second-order valence-electron chi connectivity index (χ2n) is 18.0. The SMILES string of the molecule is CCn1c2ccc(-c3ccc(-c4c5ccc(-c6ccccc6)cc5c(-c5ccc(-c6ccccc6)cc5)c5ccc(-c6ccccc6)cc45)cc3)cc2c2cc(C(C)(C)C)ccc21. The summed E-state index contributed by atoms with van der Waals surface area (Å²) in [6.45, 7) is 10.1. The summed E-state index contributed by atoms with van der Waals surface area (Å²) in [7, 11) is 0. The molecule has 0 amide bonds. The van der Waals surface area contributed by atoms with Crippen molar-refractivity contribution in [3.05, 3.63) is 218 Å². The minimum atomic E-state index is 0.0762. The van der Waals surface area contributed by atoms with E-state index in [9.17, 15) is 0 Å². The number of aryl methyl sites for hydroxylation is 1. The predicted molar refractivity (Wildman–Crippen MR) is 271 cm³/mol. The molecule has 0 aliphatic carbocycles. The van der Waals surface area contributed by atoms with E-state index in [0.29, 0.717) is 0 Å². The lowest BCUT2D eigenvalue weighted by Crippen LogP contribution is -2.10. The molecule has 0 saturated heterocycles. The van der Waals surface area contributed by atoms with E-state index in [2.05, 4.69) is 245 Å². The topological polar surface area (TPSA) is 4.93 Å². The molecule has 0 unspecified atom stereocenters. The van der Waals surface area contributed by atoms with Crippen molar-refractivity contribution < 1.29 is 0 Å². The van der Waals surface area contributed by atoms with E-state index in [1.807, 2.05) is 0 Å². The summed E-state index contributed by atoms with van der Waals surface area (Å²) in [6.07, 6.45) is 0. The molecule has 0 saturated carbocycles. The highest BCUT2D eigenvalue weighted by Gasteiger charge is 2.21. The molecular formula is C62H49N. The zero-order chi connectivity index (χ0) is 42.7. The maximum Gasteiger partial charge on any atom is 0.0491 e. The fourth-order valence-electron chi connectivity index (χ4n) is 9.85. The van der Waals surface area contributed by atoms with E-state index in [-0.39, 0.29) is 5.41 Å². The van der Waals surface area contributed by atoms with Crippen molar-refractivity contribution >= 4 is 43.4 Å². The molecule has 0 radical (unpaired) electrons. The quantitative estimate of drug-likeness (QED) is 0.141. The zero-order valence-electron chi connectivity index (χ0n) is 36.4. The van der Waals surface area contributed by atoms with Gasteiger partial charge in [-0.15, -0.1) is 0 Å². The summed E-state index contributed by atoms with van der Waals surface area (Å²) >= 11 is 0. The standard InChI is InChI=1S/C62H49N/c1-5-63-58-35-31-50(37-54(58)55-40-51(62(2,3)4)32-36-59(55)63)45-23-27-47(28-24-45)61-53-34-30-48(42-17-11-7-12-18-42)38-56(53)60(46-25-21-44(22-26-46)41-15-9-6-10-16-41)52-33-29-49(39-57(52)61)43-19-13-8-14-20-43/h6-40H,5H2,1-4H3. The summed E-state index contributed by atoms with van der Waals surface area (Å²) in [5, 5.41) is 7.61. The lowest BCUT2D eigenvalue weighted by atomic mass is 9.83. The summed E-state index contributed by atoms with van der Waals surface area (Å²) in [5.41, 5.74) is 18.7. The Morgan fingerprint density at radius 1 is 0.302 bits per heavy atom. The van der Waals surface area contributed by atoms with Crippen LogP contribution >= 0.6 is 0 Å². The van der Waals surface area contributed by atoms with E-state index in [4.69, 9.17) is 0 Å². The zero-order valence-corrected chi connectivity index (χ0v) is 36.4. The summed E-state index contributed by atoms with van der Waals surface area (Å²) in [5.74, 6) is 0. The second kappa shape index (κ2) is 15.5. The van der Waals surface area contributed by atoms with Gasteiger partial charge in [0.25, 0.3) is 0 Å². The predicted octanol–water partition coefficient (Wildman–Crippen LogP) is 17.4. The number of hydrogen-bond donors (Lipinski definition) is 0. The first-order valence-electron chi connectivity index (χ1n) is 22.3. The van der Waals surface area contributed by atoms with Crippen LogP contribution in [-0.4, -0.2) is 4.57 Å². The highest BCUT2D eigenvalue weighted by atomic mass is 15.0. The number of nitrogens with zero attached hydrogens (tertiary/aromatic N) is 1. The minimum Gasteiger partial charge on any atom is -0.341 e. The fraction of sp³-hybridized carbons (Fsp3) is 0.0968. The molecule has 11 rings (SSSR count). The Bertz CT molecular complexity index is 3460. The Hall–Kier alpha value is -7.48. The molecule has 1 heteroatoms. The van der Waals surface area contributed by atoms with Gasteiger partial charge in [-0.05, 0) is 143 Å². The fourth-order valence-corrected chi connectivity index (χ4v) is 9.85. The van der Waals surface area contributed by atoms with Crippen LogP contribution in [0.1, 0.15) is 33.3 Å². The van der Waals surface area contributed by atoms with Gasteiger partial charge in [0.1, 0.15) is 0 Å². The first kappa shape index (κ1) is 38.4. The van der Waals surface area contributed by atoms with E-state index in [0.717, 1.165) is 6.54 Å². The molecular weight excluding hydrogens is 759 g/mol. The van der Waals surface area contributed by atoms with Gasteiger partial charge < -0.3 is 4.57 Å². The minimum absolute atomic E-state index is 0.0762. The molecule has 302 valence electrons. The Labute approximate surface area is 370 Å². The molecule has 63 heavy (non-hydrogen) atoms. The lowest BCUT2D eigenvalue weighted by molar-refractivity contribution is 0.591. The van der Waals surface area contributed by atoms with Gasteiger partial charge in [0.2, 0.25) is 0 Å². The maximum atomic E-state index is 2.45. The molecule has 0 N–H and O–H groups in total. The number of aromatic nitrogens is 1. The molecule has 10 aromatic carbocycles. The molecule has 1 heterocycles. The van der Waals surface area contributed by atoms with Crippen molar-refractivity contribution in [2.75, 3.05) is 0 Å². The Morgan fingerprint density at radius 3 is 1.08 bits per heavy atom. The van der Waals surface area contributed by atoms with Gasteiger partial charge in [0.15, 0.2) is 0 Å². The Morgan fingerprint density at radius 2 is 0.635 bits per heavy atom. The van der Waals surface area contributed by atoms with Crippen LogP contribution < -0.4 is 0 Å². The maximum absolute atomic E-state index is 2.45. The first-order valence-corrected chi connectivity index (χ1v) is 22.3. The van der Waals surface area contributed by atoms with Crippen molar-refractivity contribution in [3.63, 3.8) is 0 Å². The van der Waals surface area contributed by atoms with E-state index in [1.165, 1.54) is 116 Å². The Balaban J connectivity index is 1.12. The van der Waals surface area contributed by atoms with Crippen LogP contribution in [-0.2, 0) is 12.0 Å². The van der Waals surface area contributed by atoms with Crippen LogP contribution in [0.25, 0.3) is 110 Å². The number of rotatable bonds is 7. The summed E-state index contributed by atoms with van der Waals surface area (Å²) in [4.78, 5) is 0. The molecule has 0 atom stereocenters. The van der Waals surface area contributed by atoms with Crippen molar-refractivity contribution in [1.29, 1.82) is 0 Å². The third kappa shape index (κ3) is 6.82. The third-order valence-electron chi connectivity index (χ3n) is 13.2. The third-order valence-corrected chi connectivity index (χ3v) is 13.2. The van der Waals surface area contributed by atoms with Crippen molar-refractivity contribution in [2.24, 2.45) is 0 Å². The second-order valence-corrected chi connectivity index (χ2v) is 18.0. The molecule has 0 fully saturated rings. The molecule has 11 aromatic rings. The van der Waals surface area contributed by atoms with E-state index >= 15 is 0 Å². The van der Waals surface area contributed by atoms with Crippen LogP contribution in [0.3, 0.4) is 0 Å². The van der Waals surface area contributed by atoms with Gasteiger partial charge in [0, 0.05) is 28.4 Å². The summed E-state index contributed by atoms with van der Waals surface area (Å²) in [6, 6.07) is 78.9. The number of fused-ring (bicyclic) bond motifs is 5. The van der Waals surface area contributed by atoms with Gasteiger partial charge in [0.05, 0.1) is 0 Å². The molecule has 0 aliphatic rings. The molecule has 1 nitrogen and oxygen atoms in total. The van der Waals surface area contributed by atoms with E-state index < -0.39 is 0 Å². The van der Waals surface area contributed by atoms with Crippen molar-refractivity contribution in [3.8, 4) is 66.8 Å². The monoisotopic (exact) mass is 807 g/mol. The van der Waals surface area contributed by atoms with Gasteiger partial charge in [-0.2, -0.15) is 0 Å². The van der Waals surface area contributed by atoms with Crippen molar-refractivity contribution in [2.45, 2.75) is 39.7 Å². The average Bonchev–Trinajstić information content (AvgIpc) is 3.66. The Kier molecular flexibility index (Phi) is 9.43. The first-order chi connectivity index (χ1) is 30.8. The normalized spacial score (nSPS) is 11.9. The smallest absolute Gasteiger partial charge is 0.0491 e. The van der Waals surface area contributed by atoms with Gasteiger partial charge in [-0.3, -0.25) is 0 Å². The van der Waals surface area contributed by atoms with Crippen LogP contribution in [0, 0.1) is 0 Å². The van der Waals surface area contributed by atoms with Crippen LogP contribution in [0.15, 0.2) is 212 Å². The number of hydrogen-bond acceptors (Lipinski definition) is 0. The number of benzene rings is 10. The van der Waals surface area contributed by atoms with E-state index in [1.54, 1.807) is 0 Å².